The number of primary sulfonamides is 1. The van der Waals surface area contributed by atoms with E-state index in [9.17, 15) is 38.2 Å². The van der Waals surface area contributed by atoms with Crippen LogP contribution >= 0.6 is 0 Å². The Kier molecular flexibility index (Phi) is 4.30. The molecule has 0 spiro atoms. The van der Waals surface area contributed by atoms with Crippen LogP contribution in [0.1, 0.15) is 20.7 Å². The molecule has 2 amide bonds. The zero-order chi connectivity index (χ0) is 22.7. The van der Waals surface area contributed by atoms with Gasteiger partial charge in [-0.15, -0.1) is 0 Å². The monoisotopic (exact) mass is 442 g/mol. The second-order valence-corrected chi connectivity index (χ2v) is 8.07. The van der Waals surface area contributed by atoms with Crippen LogP contribution in [0.25, 0.3) is 10.8 Å². The van der Waals surface area contributed by atoms with E-state index < -0.39 is 48.4 Å². The third-order valence-corrected chi connectivity index (χ3v) is 5.73. The zero-order valence-corrected chi connectivity index (χ0v) is 16.0. The van der Waals surface area contributed by atoms with Gasteiger partial charge >= 0.3 is 0 Å². The van der Waals surface area contributed by atoms with Gasteiger partial charge < -0.3 is 0 Å². The van der Waals surface area contributed by atoms with Crippen molar-refractivity contribution in [2.45, 2.75) is 4.90 Å². The fourth-order valence-electron chi connectivity index (χ4n) is 3.47. The summed E-state index contributed by atoms with van der Waals surface area (Å²) in [5, 5.41) is 27.3. The lowest BCUT2D eigenvalue weighted by atomic mass is 9.91. The molecule has 2 N–H and O–H groups in total. The minimum Gasteiger partial charge on any atom is -0.268 e. The van der Waals surface area contributed by atoms with E-state index in [0.717, 1.165) is 41.3 Å². The van der Waals surface area contributed by atoms with Crippen LogP contribution in [-0.2, 0) is 10.0 Å². The second-order valence-electron chi connectivity index (χ2n) is 6.51. The number of benzene rings is 3. The minimum absolute atomic E-state index is 0.0258. The molecule has 13 heteroatoms. The first-order valence-electron chi connectivity index (χ1n) is 8.42. The molecule has 0 bridgehead atoms. The number of rotatable bonds is 4. The summed E-state index contributed by atoms with van der Waals surface area (Å²) in [6.45, 7) is 0. The molecule has 4 rings (SSSR count). The number of hydrogen-bond acceptors (Lipinski definition) is 8. The summed E-state index contributed by atoms with van der Waals surface area (Å²) < 4.78 is 22.9. The number of anilines is 1. The molecular formula is C18H10N4O8S. The van der Waals surface area contributed by atoms with Crippen molar-refractivity contribution >= 4 is 49.7 Å². The van der Waals surface area contributed by atoms with Crippen LogP contribution in [0, 0.1) is 20.2 Å². The topological polar surface area (TPSA) is 184 Å². The lowest BCUT2D eigenvalue weighted by Gasteiger charge is -2.27. The first-order valence-corrected chi connectivity index (χ1v) is 9.97. The fourth-order valence-corrected chi connectivity index (χ4v) is 3.99. The van der Waals surface area contributed by atoms with E-state index in [-0.39, 0.29) is 27.1 Å². The molecular weight excluding hydrogens is 432 g/mol. The Balaban J connectivity index is 1.97. The van der Waals surface area contributed by atoms with Crippen LogP contribution in [0.15, 0.2) is 53.4 Å². The maximum Gasteiger partial charge on any atom is 0.284 e. The number of non-ortho nitro benzene ring substituents is 2. The molecule has 1 aliphatic heterocycles. The minimum atomic E-state index is -4.00. The van der Waals surface area contributed by atoms with Crippen molar-refractivity contribution in [3.8, 4) is 0 Å². The highest BCUT2D eigenvalue weighted by Crippen LogP contribution is 2.41. The number of carbonyl (C=O) groups is 2. The molecule has 0 saturated carbocycles. The summed E-state index contributed by atoms with van der Waals surface area (Å²) >= 11 is 0. The van der Waals surface area contributed by atoms with Crippen molar-refractivity contribution in [2.24, 2.45) is 5.14 Å². The van der Waals surface area contributed by atoms with Gasteiger partial charge in [-0.1, -0.05) is 0 Å². The predicted octanol–water partition coefficient (Wildman–Crippen LogP) is 2.10. The molecule has 0 aromatic heterocycles. The van der Waals surface area contributed by atoms with Gasteiger partial charge in [-0.25, -0.2) is 18.5 Å². The van der Waals surface area contributed by atoms with Crippen LogP contribution < -0.4 is 10.0 Å². The maximum absolute atomic E-state index is 13.1. The van der Waals surface area contributed by atoms with E-state index >= 15 is 0 Å². The van der Waals surface area contributed by atoms with Gasteiger partial charge in [-0.3, -0.25) is 29.8 Å². The molecule has 0 atom stereocenters. The van der Waals surface area contributed by atoms with E-state index in [1.807, 2.05) is 0 Å². The largest absolute Gasteiger partial charge is 0.284 e. The molecule has 1 heterocycles. The number of hydrogen-bond donors (Lipinski definition) is 1. The van der Waals surface area contributed by atoms with Crippen LogP contribution in [0.3, 0.4) is 0 Å². The number of amides is 2. The number of imide groups is 1. The Morgan fingerprint density at radius 1 is 0.742 bits per heavy atom. The number of nitrogens with two attached hydrogens (primary N) is 1. The number of nitro benzene ring substituents is 2. The number of nitro groups is 2. The van der Waals surface area contributed by atoms with Gasteiger partial charge in [0.1, 0.15) is 5.39 Å². The van der Waals surface area contributed by atoms with Crippen molar-refractivity contribution in [3.05, 3.63) is 79.9 Å². The number of sulfonamides is 1. The predicted molar refractivity (Wildman–Crippen MR) is 106 cm³/mol. The third kappa shape index (κ3) is 2.99. The average molecular weight is 442 g/mol. The highest BCUT2D eigenvalue weighted by Gasteiger charge is 2.38. The highest BCUT2D eigenvalue weighted by molar-refractivity contribution is 7.89. The van der Waals surface area contributed by atoms with Gasteiger partial charge in [0.2, 0.25) is 10.0 Å². The average Bonchev–Trinajstić information content (AvgIpc) is 2.70. The Morgan fingerprint density at radius 2 is 1.19 bits per heavy atom. The smallest absolute Gasteiger partial charge is 0.268 e. The third-order valence-electron chi connectivity index (χ3n) is 4.80. The summed E-state index contributed by atoms with van der Waals surface area (Å²) in [6.07, 6.45) is 0. The molecule has 0 aliphatic carbocycles. The normalized spacial score (nSPS) is 13.5. The van der Waals surface area contributed by atoms with Crippen LogP contribution in [0.2, 0.25) is 0 Å². The maximum atomic E-state index is 13.1. The van der Waals surface area contributed by atoms with Crippen molar-refractivity contribution in [1.82, 2.24) is 0 Å². The Labute approximate surface area is 172 Å². The SMILES string of the molecule is NS(=O)(=O)c1ccc(N2C(=O)c3ccc([N+](=O)[O-])c4c([N+](=O)[O-])ccc(c34)C2=O)cc1. The Morgan fingerprint density at radius 3 is 1.58 bits per heavy atom. The van der Waals surface area contributed by atoms with Crippen molar-refractivity contribution in [1.29, 1.82) is 0 Å². The summed E-state index contributed by atoms with van der Waals surface area (Å²) in [5.41, 5.74) is -1.49. The Bertz CT molecular complexity index is 1380. The van der Waals surface area contributed by atoms with Gasteiger partial charge in [0.15, 0.2) is 0 Å². The zero-order valence-electron chi connectivity index (χ0n) is 15.2. The summed E-state index contributed by atoms with van der Waals surface area (Å²) in [5.74, 6) is -1.75. The molecule has 12 nitrogen and oxygen atoms in total. The fraction of sp³-hybridized carbons (Fsp3) is 0. The summed E-state index contributed by atoms with van der Waals surface area (Å²) in [7, 11) is -4.00. The molecule has 31 heavy (non-hydrogen) atoms. The summed E-state index contributed by atoms with van der Waals surface area (Å²) in [4.78, 5) is 47.9. The lowest BCUT2D eigenvalue weighted by Crippen LogP contribution is -2.40. The molecule has 0 saturated heterocycles. The van der Waals surface area contributed by atoms with E-state index in [1.165, 1.54) is 12.1 Å². The molecule has 0 fully saturated rings. The van der Waals surface area contributed by atoms with Gasteiger partial charge in [-0.05, 0) is 36.4 Å². The van der Waals surface area contributed by atoms with Crippen molar-refractivity contribution < 1.29 is 27.9 Å². The standard InChI is InChI=1S/C18H10N4O8S/c19-31(29,30)10-3-1-9(2-4-10)20-17(23)11-5-7-13(21(25)26)16-14(22(27)28)8-6-12(15(11)16)18(20)24/h1-8H,(H2,19,29,30). The van der Waals surface area contributed by atoms with E-state index in [4.69, 9.17) is 5.14 Å². The number of nitrogens with zero attached hydrogens (tertiary/aromatic N) is 3. The summed E-state index contributed by atoms with van der Waals surface area (Å²) in [6, 6.07) is 8.80. The first kappa shape index (κ1) is 20.1. The van der Waals surface area contributed by atoms with Crippen molar-refractivity contribution in [2.75, 3.05) is 4.90 Å². The first-order chi connectivity index (χ1) is 14.5. The Hall–Kier alpha value is -4.23. The highest BCUT2D eigenvalue weighted by atomic mass is 32.2. The molecule has 0 radical (unpaired) electrons. The number of carbonyl (C=O) groups excluding carboxylic acids is 2. The van der Waals surface area contributed by atoms with Crippen LogP contribution in [0.4, 0.5) is 17.1 Å². The second kappa shape index (κ2) is 6.65. The molecule has 1 aliphatic rings. The molecule has 156 valence electrons. The van der Waals surface area contributed by atoms with Gasteiger partial charge in [-0.2, -0.15) is 0 Å². The molecule has 0 unspecified atom stereocenters. The van der Waals surface area contributed by atoms with E-state index in [0.29, 0.717) is 0 Å². The van der Waals surface area contributed by atoms with Gasteiger partial charge in [0.25, 0.3) is 23.2 Å². The van der Waals surface area contributed by atoms with Gasteiger partial charge in [0, 0.05) is 28.6 Å². The van der Waals surface area contributed by atoms with E-state index in [1.54, 1.807) is 0 Å². The quantitative estimate of drug-likeness (QED) is 0.361. The molecule has 3 aromatic carbocycles. The lowest BCUT2D eigenvalue weighted by molar-refractivity contribution is -0.390. The van der Waals surface area contributed by atoms with E-state index in [2.05, 4.69) is 0 Å². The van der Waals surface area contributed by atoms with Gasteiger partial charge in [0.05, 0.1) is 20.4 Å². The van der Waals surface area contributed by atoms with Crippen LogP contribution in [-0.4, -0.2) is 30.1 Å². The van der Waals surface area contributed by atoms with Crippen molar-refractivity contribution in [3.63, 3.8) is 0 Å². The van der Waals surface area contributed by atoms with Crippen LogP contribution in [0.5, 0.6) is 0 Å². The molecule has 3 aromatic rings.